The van der Waals surface area contributed by atoms with Crippen molar-refractivity contribution >= 4 is 5.91 Å². The van der Waals surface area contributed by atoms with Crippen LogP contribution in [0.2, 0.25) is 0 Å². The maximum Gasteiger partial charge on any atom is 0.223 e. The monoisotopic (exact) mass is 224 g/mol. The fourth-order valence-corrected chi connectivity index (χ4v) is 1.95. The molecule has 0 aliphatic carbocycles. The third-order valence-electron chi connectivity index (χ3n) is 2.81. The van der Waals surface area contributed by atoms with Crippen LogP contribution < -0.4 is 5.32 Å². The van der Waals surface area contributed by atoms with Gasteiger partial charge in [-0.05, 0) is 19.4 Å². The first-order valence-electron chi connectivity index (χ1n) is 5.83. The molecule has 1 rings (SSSR count). The van der Waals surface area contributed by atoms with Gasteiger partial charge >= 0.3 is 0 Å². The average molecular weight is 224 g/mol. The molecule has 4 heteroatoms. The van der Waals surface area contributed by atoms with E-state index in [0.29, 0.717) is 32.0 Å². The summed E-state index contributed by atoms with van der Waals surface area (Å²) in [5.74, 6) is 2.51. The lowest BCUT2D eigenvalue weighted by atomic mass is 10.2. The third-order valence-corrected chi connectivity index (χ3v) is 2.81. The van der Waals surface area contributed by atoms with Gasteiger partial charge in [0.15, 0.2) is 0 Å². The van der Waals surface area contributed by atoms with Crippen molar-refractivity contribution < 1.29 is 9.90 Å². The first-order valence-corrected chi connectivity index (χ1v) is 5.83. The summed E-state index contributed by atoms with van der Waals surface area (Å²) in [7, 11) is 0. The molecular formula is C12H20N2O2. The Labute approximate surface area is 97.0 Å². The lowest BCUT2D eigenvalue weighted by Gasteiger charge is -2.25. The van der Waals surface area contributed by atoms with Gasteiger partial charge in [-0.15, -0.1) is 12.3 Å². The van der Waals surface area contributed by atoms with Gasteiger partial charge in [0.05, 0.1) is 6.61 Å². The van der Waals surface area contributed by atoms with Crippen molar-refractivity contribution in [1.29, 1.82) is 0 Å². The zero-order chi connectivity index (χ0) is 11.8. The molecule has 4 nitrogen and oxygen atoms in total. The van der Waals surface area contributed by atoms with Gasteiger partial charge in [-0.1, -0.05) is 0 Å². The summed E-state index contributed by atoms with van der Waals surface area (Å²) >= 11 is 0. The zero-order valence-corrected chi connectivity index (χ0v) is 9.61. The Morgan fingerprint density at radius 3 is 3.00 bits per heavy atom. The van der Waals surface area contributed by atoms with E-state index in [-0.39, 0.29) is 12.5 Å². The summed E-state index contributed by atoms with van der Waals surface area (Å²) in [4.78, 5) is 13.5. The van der Waals surface area contributed by atoms with Crippen molar-refractivity contribution in [3.8, 4) is 12.3 Å². The smallest absolute Gasteiger partial charge is 0.223 e. The van der Waals surface area contributed by atoms with E-state index in [1.165, 1.54) is 0 Å². The Kier molecular flexibility index (Phi) is 5.91. The number of terminal acetylenes is 1. The number of carbonyl (C=O) groups excluding carboxylic acids is 1. The topological polar surface area (TPSA) is 52.6 Å². The Morgan fingerprint density at radius 1 is 1.62 bits per heavy atom. The first-order chi connectivity index (χ1) is 7.77. The number of rotatable bonds is 6. The number of hydrogen-bond donors (Lipinski definition) is 2. The Balaban J connectivity index is 2.39. The Morgan fingerprint density at radius 2 is 2.44 bits per heavy atom. The minimum Gasteiger partial charge on any atom is -0.395 e. The molecule has 0 aromatic rings. The van der Waals surface area contributed by atoms with Crippen LogP contribution in [0.5, 0.6) is 0 Å². The van der Waals surface area contributed by atoms with Crippen molar-refractivity contribution in [2.45, 2.75) is 31.7 Å². The van der Waals surface area contributed by atoms with Crippen LogP contribution in [0.15, 0.2) is 0 Å². The lowest BCUT2D eigenvalue weighted by Crippen LogP contribution is -2.42. The standard InChI is InChI=1S/C12H20N2O2/c1-2-3-6-12(16)14(8-9-15)10-11-5-4-7-13-11/h1,11,13,15H,3-10H2. The highest BCUT2D eigenvalue weighted by atomic mass is 16.3. The molecular weight excluding hydrogens is 204 g/mol. The van der Waals surface area contributed by atoms with Crippen LogP contribution in [0.1, 0.15) is 25.7 Å². The molecule has 0 aromatic heterocycles. The number of amides is 1. The van der Waals surface area contributed by atoms with E-state index >= 15 is 0 Å². The first kappa shape index (κ1) is 13.0. The van der Waals surface area contributed by atoms with E-state index in [9.17, 15) is 4.79 Å². The van der Waals surface area contributed by atoms with Crippen LogP contribution in [0.4, 0.5) is 0 Å². The van der Waals surface area contributed by atoms with E-state index in [1.54, 1.807) is 4.90 Å². The minimum atomic E-state index is 0.00845. The summed E-state index contributed by atoms with van der Waals surface area (Å²) in [5.41, 5.74) is 0. The molecule has 1 heterocycles. The van der Waals surface area contributed by atoms with Gasteiger partial charge in [-0.3, -0.25) is 4.79 Å². The van der Waals surface area contributed by atoms with Gasteiger partial charge < -0.3 is 15.3 Å². The second-order valence-corrected chi connectivity index (χ2v) is 4.06. The predicted molar refractivity (Wildman–Crippen MR) is 62.8 cm³/mol. The fourth-order valence-electron chi connectivity index (χ4n) is 1.95. The number of carbonyl (C=O) groups is 1. The van der Waals surface area contributed by atoms with Crippen molar-refractivity contribution in [3.05, 3.63) is 0 Å². The van der Waals surface area contributed by atoms with Crippen LogP contribution in [0.3, 0.4) is 0 Å². The Bertz CT molecular complexity index is 254. The van der Waals surface area contributed by atoms with Crippen molar-refractivity contribution in [3.63, 3.8) is 0 Å². The molecule has 1 aliphatic heterocycles. The van der Waals surface area contributed by atoms with Crippen LogP contribution in [0, 0.1) is 12.3 Å². The van der Waals surface area contributed by atoms with E-state index in [4.69, 9.17) is 11.5 Å². The number of aliphatic hydroxyl groups excluding tert-OH is 1. The molecule has 1 amide bonds. The van der Waals surface area contributed by atoms with Crippen LogP contribution >= 0.6 is 0 Å². The zero-order valence-electron chi connectivity index (χ0n) is 9.61. The van der Waals surface area contributed by atoms with Gasteiger partial charge in [0.2, 0.25) is 5.91 Å². The summed E-state index contributed by atoms with van der Waals surface area (Å²) in [6.45, 7) is 2.12. The summed E-state index contributed by atoms with van der Waals surface area (Å²) in [5, 5.41) is 12.3. The molecule has 0 radical (unpaired) electrons. The predicted octanol–water partition coefficient (Wildman–Crippen LogP) is -0.0273. The van der Waals surface area contributed by atoms with Gasteiger partial charge in [0.1, 0.15) is 0 Å². The van der Waals surface area contributed by atoms with Crippen molar-refractivity contribution in [2.75, 3.05) is 26.2 Å². The number of hydrogen-bond acceptors (Lipinski definition) is 3. The quantitative estimate of drug-likeness (QED) is 0.623. The highest BCUT2D eigenvalue weighted by molar-refractivity contribution is 5.76. The molecule has 0 aromatic carbocycles. The minimum absolute atomic E-state index is 0.00845. The third kappa shape index (κ3) is 4.21. The summed E-state index contributed by atoms with van der Waals surface area (Å²) < 4.78 is 0. The molecule has 90 valence electrons. The molecule has 1 unspecified atom stereocenters. The lowest BCUT2D eigenvalue weighted by molar-refractivity contribution is -0.131. The molecule has 1 fully saturated rings. The largest absolute Gasteiger partial charge is 0.395 e. The molecule has 0 bridgehead atoms. The van der Waals surface area contributed by atoms with Crippen molar-refractivity contribution in [1.82, 2.24) is 10.2 Å². The molecule has 1 aliphatic rings. The normalized spacial score (nSPS) is 19.4. The molecule has 0 spiro atoms. The maximum atomic E-state index is 11.8. The molecule has 16 heavy (non-hydrogen) atoms. The van der Waals surface area contributed by atoms with E-state index in [0.717, 1.165) is 19.4 Å². The van der Waals surface area contributed by atoms with Gasteiger partial charge in [-0.25, -0.2) is 0 Å². The molecule has 1 atom stereocenters. The van der Waals surface area contributed by atoms with E-state index in [1.807, 2.05) is 0 Å². The van der Waals surface area contributed by atoms with E-state index in [2.05, 4.69) is 11.2 Å². The number of aliphatic hydroxyl groups is 1. The second kappa shape index (κ2) is 7.26. The molecule has 0 saturated carbocycles. The average Bonchev–Trinajstić information content (AvgIpc) is 2.78. The maximum absolute atomic E-state index is 11.8. The van der Waals surface area contributed by atoms with Crippen molar-refractivity contribution in [2.24, 2.45) is 0 Å². The summed E-state index contributed by atoms with van der Waals surface area (Å²) in [6.07, 6.45) is 8.25. The number of nitrogens with zero attached hydrogens (tertiary/aromatic N) is 1. The van der Waals surface area contributed by atoms with Crippen LogP contribution in [-0.4, -0.2) is 48.2 Å². The summed E-state index contributed by atoms with van der Waals surface area (Å²) in [6, 6.07) is 0.376. The number of nitrogens with one attached hydrogen (secondary N) is 1. The Hall–Kier alpha value is -1.05. The van der Waals surface area contributed by atoms with E-state index < -0.39 is 0 Å². The molecule has 1 saturated heterocycles. The fraction of sp³-hybridized carbons (Fsp3) is 0.750. The van der Waals surface area contributed by atoms with Gasteiger partial charge in [0.25, 0.3) is 0 Å². The highest BCUT2D eigenvalue weighted by Crippen LogP contribution is 2.08. The second-order valence-electron chi connectivity index (χ2n) is 4.06. The SMILES string of the molecule is C#CCCC(=O)N(CCO)CC1CCCN1. The molecule has 2 N–H and O–H groups in total. The van der Waals surface area contributed by atoms with Crippen LogP contribution in [0.25, 0.3) is 0 Å². The van der Waals surface area contributed by atoms with Crippen LogP contribution in [-0.2, 0) is 4.79 Å². The van der Waals surface area contributed by atoms with Gasteiger partial charge in [-0.2, -0.15) is 0 Å². The highest BCUT2D eigenvalue weighted by Gasteiger charge is 2.20. The van der Waals surface area contributed by atoms with Gasteiger partial charge in [0, 0.05) is 32.0 Å².